The Bertz CT molecular complexity index is 554. The number of nitrogens with zero attached hydrogens (tertiary/aromatic N) is 2. The molecule has 2 rings (SSSR count). The van der Waals surface area contributed by atoms with E-state index in [1.54, 1.807) is 41.6 Å². The van der Waals surface area contributed by atoms with E-state index < -0.39 is 0 Å². The largest absolute Gasteiger partial charge is 0.373 e. The maximum atomic E-state index is 12.4. The number of carbonyl (C=O) groups is 1. The van der Waals surface area contributed by atoms with Gasteiger partial charge in [0.25, 0.3) is 5.91 Å². The van der Waals surface area contributed by atoms with Crippen molar-refractivity contribution in [3.8, 4) is 0 Å². The van der Waals surface area contributed by atoms with Gasteiger partial charge in [0.05, 0.1) is 6.04 Å². The molecule has 0 bridgehead atoms. The summed E-state index contributed by atoms with van der Waals surface area (Å²) in [5, 5.41) is 4.96. The van der Waals surface area contributed by atoms with E-state index in [0.717, 1.165) is 0 Å². The molecule has 0 fully saturated rings. The van der Waals surface area contributed by atoms with Gasteiger partial charge in [0.1, 0.15) is 5.82 Å². The molecule has 0 aromatic carbocycles. The summed E-state index contributed by atoms with van der Waals surface area (Å²) in [4.78, 5) is 19.5. The van der Waals surface area contributed by atoms with Gasteiger partial charge in [-0.25, -0.2) is 4.98 Å². The summed E-state index contributed by atoms with van der Waals surface area (Å²) >= 11 is 1.66. The first-order valence-electron chi connectivity index (χ1n) is 6.08. The van der Waals surface area contributed by atoms with Crippen molar-refractivity contribution in [2.75, 3.05) is 19.4 Å². The van der Waals surface area contributed by atoms with Gasteiger partial charge in [0, 0.05) is 30.7 Å². The lowest BCUT2D eigenvalue weighted by Gasteiger charge is -2.24. The Hall–Kier alpha value is -1.88. The Morgan fingerprint density at radius 2 is 2.26 bits per heavy atom. The molecule has 2 heterocycles. The lowest BCUT2D eigenvalue weighted by atomic mass is 10.2. The monoisotopic (exact) mass is 275 g/mol. The molecular formula is C14H17N3OS. The summed E-state index contributed by atoms with van der Waals surface area (Å²) in [6.07, 6.45) is 1.64. The van der Waals surface area contributed by atoms with E-state index in [-0.39, 0.29) is 11.9 Å². The fraction of sp³-hybridized carbons (Fsp3) is 0.286. The lowest BCUT2D eigenvalue weighted by molar-refractivity contribution is 0.0745. The number of aromatic nitrogens is 1. The molecule has 0 aliphatic carbocycles. The number of thiophene rings is 1. The van der Waals surface area contributed by atoms with Gasteiger partial charge >= 0.3 is 0 Å². The van der Waals surface area contributed by atoms with Crippen LogP contribution < -0.4 is 5.32 Å². The third kappa shape index (κ3) is 2.93. The highest BCUT2D eigenvalue weighted by atomic mass is 32.1. The average molecular weight is 275 g/mol. The number of amides is 1. The topological polar surface area (TPSA) is 45.2 Å². The van der Waals surface area contributed by atoms with Crippen LogP contribution in [0.25, 0.3) is 0 Å². The maximum absolute atomic E-state index is 12.4. The van der Waals surface area contributed by atoms with E-state index in [9.17, 15) is 4.79 Å². The van der Waals surface area contributed by atoms with Crippen LogP contribution in [-0.2, 0) is 0 Å². The lowest BCUT2D eigenvalue weighted by Crippen LogP contribution is -2.29. The molecule has 0 spiro atoms. The molecule has 19 heavy (non-hydrogen) atoms. The van der Waals surface area contributed by atoms with E-state index in [1.165, 1.54) is 4.88 Å². The van der Waals surface area contributed by atoms with Crippen molar-refractivity contribution < 1.29 is 4.79 Å². The summed E-state index contributed by atoms with van der Waals surface area (Å²) < 4.78 is 0. The number of rotatable bonds is 4. The van der Waals surface area contributed by atoms with E-state index in [2.05, 4.69) is 10.3 Å². The smallest absolute Gasteiger partial charge is 0.254 e. The second-order valence-corrected chi connectivity index (χ2v) is 5.27. The van der Waals surface area contributed by atoms with Crippen LogP contribution in [0.1, 0.15) is 28.2 Å². The Morgan fingerprint density at radius 1 is 1.47 bits per heavy atom. The Morgan fingerprint density at radius 3 is 2.89 bits per heavy atom. The van der Waals surface area contributed by atoms with E-state index >= 15 is 0 Å². The predicted molar refractivity (Wildman–Crippen MR) is 78.6 cm³/mol. The molecule has 100 valence electrons. The van der Waals surface area contributed by atoms with Crippen molar-refractivity contribution in [1.29, 1.82) is 0 Å². The highest BCUT2D eigenvalue weighted by Gasteiger charge is 2.19. The Labute approximate surface area is 117 Å². The van der Waals surface area contributed by atoms with Crippen molar-refractivity contribution in [1.82, 2.24) is 9.88 Å². The van der Waals surface area contributed by atoms with Crippen LogP contribution in [0.5, 0.6) is 0 Å². The minimum Gasteiger partial charge on any atom is -0.373 e. The normalized spacial score (nSPS) is 11.9. The summed E-state index contributed by atoms with van der Waals surface area (Å²) in [7, 11) is 3.61. The first-order valence-corrected chi connectivity index (χ1v) is 6.96. The number of anilines is 1. The number of pyridine rings is 1. The average Bonchev–Trinajstić information content (AvgIpc) is 2.99. The molecule has 0 aliphatic rings. The SMILES string of the molecule is CNc1cc(C(=O)N(C)C(C)c2cccs2)ccn1. The molecule has 0 radical (unpaired) electrons. The number of carbonyl (C=O) groups excluding carboxylic acids is 1. The van der Waals surface area contributed by atoms with Gasteiger partial charge in [-0.05, 0) is 30.5 Å². The van der Waals surface area contributed by atoms with Gasteiger partial charge in [-0.3, -0.25) is 4.79 Å². The van der Waals surface area contributed by atoms with E-state index in [4.69, 9.17) is 0 Å². The Balaban J connectivity index is 2.18. The van der Waals surface area contributed by atoms with E-state index in [0.29, 0.717) is 11.4 Å². The van der Waals surface area contributed by atoms with Gasteiger partial charge in [0.2, 0.25) is 0 Å². The summed E-state index contributed by atoms with van der Waals surface area (Å²) in [5.74, 6) is 0.697. The van der Waals surface area contributed by atoms with Crippen LogP contribution in [0.15, 0.2) is 35.8 Å². The third-order valence-corrected chi connectivity index (χ3v) is 4.16. The van der Waals surface area contributed by atoms with Crippen LogP contribution in [-0.4, -0.2) is 29.9 Å². The zero-order valence-electron chi connectivity index (χ0n) is 11.3. The minimum atomic E-state index is -0.000185. The Kier molecular flexibility index (Phi) is 4.16. The molecule has 1 unspecified atom stereocenters. The zero-order chi connectivity index (χ0) is 13.8. The molecule has 2 aromatic heterocycles. The summed E-state index contributed by atoms with van der Waals surface area (Å²) in [6.45, 7) is 2.03. The van der Waals surface area contributed by atoms with Crippen molar-refractivity contribution in [2.24, 2.45) is 0 Å². The zero-order valence-corrected chi connectivity index (χ0v) is 12.1. The highest BCUT2D eigenvalue weighted by Crippen LogP contribution is 2.24. The fourth-order valence-electron chi connectivity index (χ4n) is 1.80. The van der Waals surface area contributed by atoms with Crippen molar-refractivity contribution in [3.63, 3.8) is 0 Å². The molecule has 1 atom stereocenters. The highest BCUT2D eigenvalue weighted by molar-refractivity contribution is 7.10. The third-order valence-electron chi connectivity index (χ3n) is 3.12. The van der Waals surface area contributed by atoms with Crippen LogP contribution in [0.3, 0.4) is 0 Å². The van der Waals surface area contributed by atoms with Crippen molar-refractivity contribution >= 4 is 23.1 Å². The maximum Gasteiger partial charge on any atom is 0.254 e. The molecular weight excluding hydrogens is 258 g/mol. The van der Waals surface area contributed by atoms with Gasteiger partial charge in [0.15, 0.2) is 0 Å². The van der Waals surface area contributed by atoms with Crippen LogP contribution in [0.2, 0.25) is 0 Å². The van der Waals surface area contributed by atoms with Crippen LogP contribution in [0.4, 0.5) is 5.82 Å². The first-order chi connectivity index (χ1) is 9.13. The predicted octanol–water partition coefficient (Wildman–Crippen LogP) is 3.02. The standard InChI is InChI=1S/C14H17N3OS/c1-10(12-5-4-8-19-12)17(3)14(18)11-6-7-16-13(9-11)15-2/h4-10H,1-3H3,(H,15,16). The quantitative estimate of drug-likeness (QED) is 0.933. The van der Waals surface area contributed by atoms with Crippen LogP contribution >= 0.6 is 11.3 Å². The van der Waals surface area contributed by atoms with Crippen LogP contribution in [0, 0.1) is 0 Å². The molecule has 4 nitrogen and oxygen atoms in total. The van der Waals surface area contributed by atoms with Gasteiger partial charge in [-0.15, -0.1) is 11.3 Å². The van der Waals surface area contributed by atoms with Gasteiger partial charge in [-0.1, -0.05) is 6.07 Å². The second-order valence-electron chi connectivity index (χ2n) is 4.29. The molecule has 1 amide bonds. The van der Waals surface area contributed by atoms with E-state index in [1.807, 2.05) is 31.5 Å². The summed E-state index contributed by atoms with van der Waals surface area (Å²) in [6, 6.07) is 7.62. The molecule has 0 saturated carbocycles. The van der Waals surface area contributed by atoms with Gasteiger partial charge < -0.3 is 10.2 Å². The fourth-order valence-corrected chi connectivity index (χ4v) is 2.63. The number of nitrogens with one attached hydrogen (secondary N) is 1. The molecule has 0 saturated heterocycles. The van der Waals surface area contributed by atoms with Crippen molar-refractivity contribution in [3.05, 3.63) is 46.3 Å². The molecule has 5 heteroatoms. The van der Waals surface area contributed by atoms with Crippen molar-refractivity contribution in [2.45, 2.75) is 13.0 Å². The van der Waals surface area contributed by atoms with Gasteiger partial charge in [-0.2, -0.15) is 0 Å². The minimum absolute atomic E-state index is 0.000185. The number of hydrogen-bond acceptors (Lipinski definition) is 4. The summed E-state index contributed by atoms with van der Waals surface area (Å²) in [5.41, 5.74) is 0.644. The number of hydrogen-bond donors (Lipinski definition) is 1. The first kappa shape index (κ1) is 13.5. The molecule has 2 aromatic rings. The molecule has 0 aliphatic heterocycles. The second kappa shape index (κ2) is 5.84. The molecule has 1 N–H and O–H groups in total.